The first-order valence-electron chi connectivity index (χ1n) is 3.84. The molecular formula is C6H12O5Si. The molecule has 1 N–H and O–H groups in total. The second kappa shape index (κ2) is 5.23. The number of ether oxygens (including phenoxy) is 2. The Kier molecular flexibility index (Phi) is 4.19. The molecule has 0 aromatic carbocycles. The minimum Gasteiger partial charge on any atom is -0.511 e. The first-order chi connectivity index (χ1) is 5.79. The summed E-state index contributed by atoms with van der Waals surface area (Å²) < 4.78 is 24.6. The third-order valence-corrected chi connectivity index (χ3v) is 1.82. The van der Waals surface area contributed by atoms with Gasteiger partial charge < -0.3 is 18.7 Å². The maximum Gasteiger partial charge on any atom is 0.764 e. The molecule has 1 aliphatic heterocycles. The van der Waals surface area contributed by atoms with Crippen LogP contribution in [-0.2, 0) is 18.4 Å². The fourth-order valence-corrected chi connectivity index (χ4v) is 1.02. The van der Waals surface area contributed by atoms with Crippen molar-refractivity contribution in [3.63, 3.8) is 0 Å². The molecule has 0 aromatic rings. The first kappa shape index (κ1) is 9.62. The van der Waals surface area contributed by atoms with E-state index < -0.39 is 9.17 Å². The summed E-state index contributed by atoms with van der Waals surface area (Å²) >= 11 is 0. The van der Waals surface area contributed by atoms with Crippen LogP contribution in [0.25, 0.3) is 0 Å². The van der Waals surface area contributed by atoms with Crippen molar-refractivity contribution in [3.05, 3.63) is 0 Å². The minimum absolute atomic E-state index is 0.278. The van der Waals surface area contributed by atoms with Crippen molar-refractivity contribution in [2.75, 3.05) is 26.4 Å². The van der Waals surface area contributed by atoms with Gasteiger partial charge in [0, 0.05) is 13.0 Å². The van der Waals surface area contributed by atoms with Gasteiger partial charge in [0.2, 0.25) is 0 Å². The molecule has 1 aliphatic rings. The molecule has 12 heavy (non-hydrogen) atoms. The van der Waals surface area contributed by atoms with Crippen LogP contribution in [0.2, 0.25) is 0 Å². The van der Waals surface area contributed by atoms with E-state index in [-0.39, 0.29) is 12.7 Å². The number of epoxide rings is 1. The van der Waals surface area contributed by atoms with Crippen LogP contribution < -0.4 is 0 Å². The maximum absolute atomic E-state index is 10.1. The second-order valence-electron chi connectivity index (χ2n) is 2.50. The van der Waals surface area contributed by atoms with Crippen molar-refractivity contribution in [1.29, 1.82) is 0 Å². The standard InChI is InChI=1S/C6H12O5Si/c7-12(8)11-3-1-2-9-4-6-5-10-6/h6-7H,1-5H2. The molecular weight excluding hydrogens is 180 g/mol. The lowest BCUT2D eigenvalue weighted by atomic mass is 10.5. The van der Waals surface area contributed by atoms with E-state index >= 15 is 0 Å². The van der Waals surface area contributed by atoms with Gasteiger partial charge in [-0.1, -0.05) is 0 Å². The summed E-state index contributed by atoms with van der Waals surface area (Å²) in [6.07, 6.45) is 0.923. The molecule has 0 bridgehead atoms. The van der Waals surface area contributed by atoms with Crippen LogP contribution in [-0.4, -0.2) is 46.5 Å². The van der Waals surface area contributed by atoms with E-state index in [1.165, 1.54) is 0 Å². The van der Waals surface area contributed by atoms with Crippen LogP contribution in [0.1, 0.15) is 6.42 Å². The monoisotopic (exact) mass is 192 g/mol. The summed E-state index contributed by atoms with van der Waals surface area (Å²) in [6, 6.07) is 0. The molecule has 1 fully saturated rings. The van der Waals surface area contributed by atoms with Crippen molar-refractivity contribution in [2.45, 2.75) is 12.5 Å². The number of hydrogen-bond acceptors (Lipinski definition) is 4. The minimum atomic E-state index is -2.76. The van der Waals surface area contributed by atoms with E-state index in [0.29, 0.717) is 19.6 Å². The Balaban J connectivity index is 1.73. The van der Waals surface area contributed by atoms with Crippen molar-refractivity contribution in [3.8, 4) is 0 Å². The van der Waals surface area contributed by atoms with Crippen molar-refractivity contribution >= 4 is 9.17 Å². The van der Waals surface area contributed by atoms with Crippen LogP contribution in [0.3, 0.4) is 0 Å². The molecule has 6 heteroatoms. The van der Waals surface area contributed by atoms with Gasteiger partial charge in [-0.3, -0.25) is 4.46 Å². The Hall–Kier alpha value is -0.463. The maximum atomic E-state index is 10.1. The fourth-order valence-electron chi connectivity index (χ4n) is 0.700. The molecule has 0 aromatic heterocycles. The first-order valence-corrected chi connectivity index (χ1v) is 5.10. The molecule has 1 rings (SSSR count). The summed E-state index contributed by atoms with van der Waals surface area (Å²) in [4.78, 5) is 8.27. The van der Waals surface area contributed by atoms with Crippen LogP contribution in [0.5, 0.6) is 0 Å². The molecule has 0 aliphatic carbocycles. The van der Waals surface area contributed by atoms with Gasteiger partial charge in [-0.05, 0) is 0 Å². The van der Waals surface area contributed by atoms with Gasteiger partial charge in [-0.25, -0.2) is 0 Å². The lowest BCUT2D eigenvalue weighted by Crippen LogP contribution is -2.10. The molecule has 0 radical (unpaired) electrons. The van der Waals surface area contributed by atoms with Crippen molar-refractivity contribution in [1.82, 2.24) is 0 Å². The summed E-state index contributed by atoms with van der Waals surface area (Å²) in [5.74, 6) is 0. The predicted molar refractivity (Wildman–Crippen MR) is 39.8 cm³/mol. The highest BCUT2D eigenvalue weighted by molar-refractivity contribution is 6.24. The summed E-state index contributed by atoms with van der Waals surface area (Å²) in [7, 11) is -2.76. The van der Waals surface area contributed by atoms with Crippen LogP contribution in [0.15, 0.2) is 0 Å². The molecule has 1 heterocycles. The fraction of sp³-hybridized carbons (Fsp3) is 1.00. The van der Waals surface area contributed by atoms with Gasteiger partial charge in [-0.15, -0.1) is 0 Å². The van der Waals surface area contributed by atoms with E-state index in [9.17, 15) is 4.46 Å². The average molecular weight is 192 g/mol. The molecule has 70 valence electrons. The number of hydrogen-bond donors (Lipinski definition) is 1. The Morgan fingerprint density at radius 3 is 2.92 bits per heavy atom. The largest absolute Gasteiger partial charge is 0.764 e. The Bertz CT molecular complexity index is 147. The Morgan fingerprint density at radius 1 is 1.58 bits per heavy atom. The van der Waals surface area contributed by atoms with Crippen molar-refractivity contribution < 1.29 is 23.2 Å². The van der Waals surface area contributed by atoms with Gasteiger partial charge in [0.25, 0.3) is 0 Å². The summed E-state index contributed by atoms with van der Waals surface area (Å²) in [5.41, 5.74) is 0. The zero-order chi connectivity index (χ0) is 8.81. The topological polar surface area (TPSA) is 68.3 Å². The van der Waals surface area contributed by atoms with Crippen molar-refractivity contribution in [2.24, 2.45) is 0 Å². The highest BCUT2D eigenvalue weighted by atomic mass is 28.3. The molecule has 0 spiro atoms. The average Bonchev–Trinajstić information content (AvgIpc) is 2.79. The van der Waals surface area contributed by atoms with E-state index in [0.717, 1.165) is 6.61 Å². The van der Waals surface area contributed by atoms with Gasteiger partial charge in [-0.2, -0.15) is 0 Å². The number of rotatable bonds is 7. The third-order valence-electron chi connectivity index (χ3n) is 1.36. The highest BCUT2D eigenvalue weighted by Crippen LogP contribution is 2.08. The second-order valence-corrected chi connectivity index (χ2v) is 3.32. The zero-order valence-corrected chi connectivity index (χ0v) is 7.69. The normalized spacial score (nSPS) is 20.5. The lowest BCUT2D eigenvalue weighted by molar-refractivity contribution is 0.0998. The van der Waals surface area contributed by atoms with E-state index in [1.807, 2.05) is 0 Å². The predicted octanol–water partition coefficient (Wildman–Crippen LogP) is -0.784. The molecule has 1 saturated heterocycles. The summed E-state index contributed by atoms with van der Waals surface area (Å²) in [5, 5.41) is 0. The van der Waals surface area contributed by atoms with E-state index in [4.69, 9.17) is 14.3 Å². The highest BCUT2D eigenvalue weighted by Gasteiger charge is 2.21. The Labute approximate surface area is 72.1 Å². The van der Waals surface area contributed by atoms with Crippen LogP contribution in [0.4, 0.5) is 0 Å². The molecule has 5 nitrogen and oxygen atoms in total. The van der Waals surface area contributed by atoms with Gasteiger partial charge >= 0.3 is 9.17 Å². The van der Waals surface area contributed by atoms with Gasteiger partial charge in [0.05, 0.1) is 19.8 Å². The molecule has 1 unspecified atom stereocenters. The zero-order valence-electron chi connectivity index (χ0n) is 6.69. The summed E-state index contributed by atoms with van der Waals surface area (Å²) in [6.45, 7) is 2.24. The SMILES string of the molecule is O=[Si](O)OCCCOCC1CO1. The van der Waals surface area contributed by atoms with Crippen LogP contribution >= 0.6 is 0 Å². The van der Waals surface area contributed by atoms with Gasteiger partial charge in [0.15, 0.2) is 0 Å². The molecule has 1 atom stereocenters. The Morgan fingerprint density at radius 2 is 2.33 bits per heavy atom. The third kappa shape index (κ3) is 5.22. The van der Waals surface area contributed by atoms with E-state index in [1.54, 1.807) is 0 Å². The molecule has 0 amide bonds. The van der Waals surface area contributed by atoms with E-state index in [2.05, 4.69) is 4.43 Å². The van der Waals surface area contributed by atoms with Gasteiger partial charge in [0.1, 0.15) is 6.10 Å². The molecule has 0 saturated carbocycles. The quantitative estimate of drug-likeness (QED) is 0.325. The smallest absolute Gasteiger partial charge is 0.511 e. The lowest BCUT2D eigenvalue weighted by Gasteiger charge is -2.01. The van der Waals surface area contributed by atoms with Crippen LogP contribution in [0, 0.1) is 0 Å².